The normalized spacial score (nSPS) is 10.1. The van der Waals surface area contributed by atoms with E-state index in [9.17, 15) is 9.18 Å². The van der Waals surface area contributed by atoms with Gasteiger partial charge in [0.1, 0.15) is 17.3 Å². The number of benzene rings is 1. The number of ether oxygens (including phenoxy) is 1. The van der Waals surface area contributed by atoms with Crippen LogP contribution in [-0.4, -0.2) is 12.9 Å². The van der Waals surface area contributed by atoms with Crippen molar-refractivity contribution >= 4 is 5.78 Å². The Morgan fingerprint density at radius 3 is 2.60 bits per heavy atom. The molecule has 0 atom stereocenters. The summed E-state index contributed by atoms with van der Waals surface area (Å²) >= 11 is 0. The predicted molar refractivity (Wildman–Crippen MR) is 56.7 cm³/mol. The second-order valence-electron chi connectivity index (χ2n) is 3.48. The Kier molecular flexibility index (Phi) is 3.83. The number of hydrogen-bond acceptors (Lipinski definition) is 2. The SMILES string of the molecule is CCc1c(CC(C)=O)cc(F)cc1OC. The van der Waals surface area contributed by atoms with Gasteiger partial charge in [0, 0.05) is 12.5 Å². The van der Waals surface area contributed by atoms with Gasteiger partial charge in [-0.15, -0.1) is 0 Å². The summed E-state index contributed by atoms with van der Waals surface area (Å²) < 4.78 is 18.3. The highest BCUT2D eigenvalue weighted by atomic mass is 19.1. The highest BCUT2D eigenvalue weighted by molar-refractivity contribution is 5.78. The second kappa shape index (κ2) is 4.91. The molecule has 0 fully saturated rings. The summed E-state index contributed by atoms with van der Waals surface area (Å²) in [5.41, 5.74) is 1.64. The van der Waals surface area contributed by atoms with E-state index in [1.165, 1.54) is 26.2 Å². The van der Waals surface area contributed by atoms with Crippen LogP contribution in [-0.2, 0) is 17.6 Å². The van der Waals surface area contributed by atoms with Gasteiger partial charge >= 0.3 is 0 Å². The van der Waals surface area contributed by atoms with E-state index >= 15 is 0 Å². The number of rotatable bonds is 4. The lowest BCUT2D eigenvalue weighted by Gasteiger charge is -2.11. The van der Waals surface area contributed by atoms with Crippen LogP contribution >= 0.6 is 0 Å². The molecule has 0 heterocycles. The Morgan fingerprint density at radius 1 is 1.47 bits per heavy atom. The van der Waals surface area contributed by atoms with Crippen LogP contribution in [0, 0.1) is 5.82 Å². The molecule has 0 unspecified atom stereocenters. The number of ketones is 1. The lowest BCUT2D eigenvalue weighted by atomic mass is 9.99. The summed E-state index contributed by atoms with van der Waals surface area (Å²) in [6, 6.07) is 2.76. The first-order valence-electron chi connectivity index (χ1n) is 4.93. The highest BCUT2D eigenvalue weighted by Crippen LogP contribution is 2.25. The van der Waals surface area contributed by atoms with Crippen molar-refractivity contribution in [2.75, 3.05) is 7.11 Å². The molecule has 0 amide bonds. The van der Waals surface area contributed by atoms with Crippen molar-refractivity contribution in [3.8, 4) is 5.75 Å². The summed E-state index contributed by atoms with van der Waals surface area (Å²) in [5, 5.41) is 0. The van der Waals surface area contributed by atoms with Gasteiger partial charge in [0.05, 0.1) is 7.11 Å². The van der Waals surface area contributed by atoms with Gasteiger partial charge in [-0.3, -0.25) is 4.79 Å². The van der Waals surface area contributed by atoms with Gasteiger partial charge < -0.3 is 4.74 Å². The fourth-order valence-corrected chi connectivity index (χ4v) is 1.68. The molecule has 82 valence electrons. The van der Waals surface area contributed by atoms with E-state index < -0.39 is 0 Å². The fourth-order valence-electron chi connectivity index (χ4n) is 1.68. The number of halogens is 1. The average Bonchev–Trinajstić information content (AvgIpc) is 2.15. The lowest BCUT2D eigenvalue weighted by Crippen LogP contribution is -2.03. The molecule has 0 radical (unpaired) electrons. The molecule has 0 spiro atoms. The van der Waals surface area contributed by atoms with Crippen LogP contribution in [0.25, 0.3) is 0 Å². The van der Waals surface area contributed by atoms with Crippen molar-refractivity contribution in [2.45, 2.75) is 26.7 Å². The summed E-state index contributed by atoms with van der Waals surface area (Å²) in [7, 11) is 1.51. The zero-order valence-electron chi connectivity index (χ0n) is 9.26. The standard InChI is InChI=1S/C12H15FO2/c1-4-11-9(5-8(2)14)6-10(13)7-12(11)15-3/h6-7H,4-5H2,1-3H3. The van der Waals surface area contributed by atoms with Crippen LogP contribution in [0.4, 0.5) is 4.39 Å². The summed E-state index contributed by atoms with van der Waals surface area (Å²) in [4.78, 5) is 11.0. The van der Waals surface area contributed by atoms with Crippen molar-refractivity contribution in [3.05, 3.63) is 29.1 Å². The Hall–Kier alpha value is -1.38. The number of carbonyl (C=O) groups excluding carboxylic acids is 1. The van der Waals surface area contributed by atoms with E-state index in [1.54, 1.807) is 0 Å². The summed E-state index contributed by atoms with van der Waals surface area (Å²) in [6.45, 7) is 3.45. The maximum Gasteiger partial charge on any atom is 0.134 e. The van der Waals surface area contributed by atoms with Gasteiger partial charge in [0.2, 0.25) is 0 Å². The van der Waals surface area contributed by atoms with Crippen molar-refractivity contribution in [1.82, 2.24) is 0 Å². The maximum absolute atomic E-state index is 13.2. The highest BCUT2D eigenvalue weighted by Gasteiger charge is 2.11. The number of methoxy groups -OCH3 is 1. The zero-order valence-corrected chi connectivity index (χ0v) is 9.26. The quantitative estimate of drug-likeness (QED) is 0.763. The van der Waals surface area contributed by atoms with Gasteiger partial charge in [-0.25, -0.2) is 4.39 Å². The first kappa shape index (κ1) is 11.7. The molecule has 15 heavy (non-hydrogen) atoms. The van der Waals surface area contributed by atoms with Crippen LogP contribution in [0.5, 0.6) is 5.75 Å². The molecular formula is C12H15FO2. The Labute approximate surface area is 89.1 Å². The van der Waals surface area contributed by atoms with Gasteiger partial charge in [0.25, 0.3) is 0 Å². The predicted octanol–water partition coefficient (Wildman–Crippen LogP) is 2.53. The minimum Gasteiger partial charge on any atom is -0.496 e. The third-order valence-electron chi connectivity index (χ3n) is 2.28. The van der Waals surface area contributed by atoms with Crippen molar-refractivity contribution in [2.24, 2.45) is 0 Å². The van der Waals surface area contributed by atoms with E-state index in [0.29, 0.717) is 5.75 Å². The third-order valence-corrected chi connectivity index (χ3v) is 2.28. The molecule has 1 rings (SSSR count). The van der Waals surface area contributed by atoms with Gasteiger partial charge in [-0.2, -0.15) is 0 Å². The smallest absolute Gasteiger partial charge is 0.134 e. The van der Waals surface area contributed by atoms with Crippen molar-refractivity contribution < 1.29 is 13.9 Å². The number of Topliss-reactive ketones (excluding diaryl/α,β-unsaturated/α-hetero) is 1. The van der Waals surface area contributed by atoms with E-state index in [4.69, 9.17) is 4.74 Å². The van der Waals surface area contributed by atoms with Gasteiger partial charge in [0.15, 0.2) is 0 Å². The van der Waals surface area contributed by atoms with E-state index in [2.05, 4.69) is 0 Å². The Balaban J connectivity index is 3.22. The van der Waals surface area contributed by atoms with Gasteiger partial charge in [-0.05, 0) is 30.5 Å². The van der Waals surface area contributed by atoms with E-state index in [-0.39, 0.29) is 18.0 Å². The van der Waals surface area contributed by atoms with Crippen molar-refractivity contribution in [3.63, 3.8) is 0 Å². The van der Waals surface area contributed by atoms with Gasteiger partial charge in [-0.1, -0.05) is 6.92 Å². The molecule has 0 bridgehead atoms. The minimum absolute atomic E-state index is 0.0253. The summed E-state index contributed by atoms with van der Waals surface area (Å²) in [5.74, 6) is 0.186. The van der Waals surface area contributed by atoms with Crippen LogP contribution in [0.2, 0.25) is 0 Å². The first-order valence-corrected chi connectivity index (χ1v) is 4.93. The largest absolute Gasteiger partial charge is 0.496 e. The molecule has 2 nitrogen and oxygen atoms in total. The van der Waals surface area contributed by atoms with Crippen LogP contribution in [0.1, 0.15) is 25.0 Å². The van der Waals surface area contributed by atoms with Crippen LogP contribution in [0.15, 0.2) is 12.1 Å². The molecule has 0 aliphatic carbocycles. The Bertz CT molecular complexity index is 372. The topological polar surface area (TPSA) is 26.3 Å². The molecule has 3 heteroatoms. The Morgan fingerprint density at radius 2 is 2.13 bits per heavy atom. The fraction of sp³-hybridized carbons (Fsp3) is 0.417. The molecule has 1 aromatic rings. The molecule has 0 aromatic heterocycles. The van der Waals surface area contributed by atoms with E-state index in [1.807, 2.05) is 6.92 Å². The number of hydrogen-bond donors (Lipinski definition) is 0. The van der Waals surface area contributed by atoms with Crippen LogP contribution in [0.3, 0.4) is 0 Å². The second-order valence-corrected chi connectivity index (χ2v) is 3.48. The molecular weight excluding hydrogens is 195 g/mol. The van der Waals surface area contributed by atoms with Crippen molar-refractivity contribution in [1.29, 1.82) is 0 Å². The van der Waals surface area contributed by atoms with E-state index in [0.717, 1.165) is 17.5 Å². The minimum atomic E-state index is -0.361. The molecule has 0 N–H and O–H groups in total. The monoisotopic (exact) mass is 210 g/mol. The molecule has 0 aliphatic heterocycles. The third kappa shape index (κ3) is 2.78. The molecule has 0 saturated carbocycles. The molecule has 1 aromatic carbocycles. The maximum atomic E-state index is 13.2. The first-order chi connectivity index (χ1) is 7.08. The summed E-state index contributed by atoms with van der Waals surface area (Å²) in [6.07, 6.45) is 0.989. The average molecular weight is 210 g/mol. The molecule has 0 saturated heterocycles. The lowest BCUT2D eigenvalue weighted by molar-refractivity contribution is -0.116. The molecule has 0 aliphatic rings. The zero-order chi connectivity index (χ0) is 11.4. The van der Waals surface area contributed by atoms with Crippen LogP contribution < -0.4 is 4.74 Å². The number of carbonyl (C=O) groups is 1.